The summed E-state index contributed by atoms with van der Waals surface area (Å²) in [6, 6.07) is 3.75. The Labute approximate surface area is 122 Å². The highest BCUT2D eigenvalue weighted by Crippen LogP contribution is 2.23. The third-order valence-corrected chi connectivity index (χ3v) is 2.95. The van der Waals surface area contributed by atoms with Gasteiger partial charge in [-0.15, -0.1) is 0 Å². The quantitative estimate of drug-likeness (QED) is 0.425. The number of hydrogen-bond donors (Lipinski definition) is 3. The highest BCUT2D eigenvalue weighted by molar-refractivity contribution is 6.07. The minimum Gasteiger partial charge on any atom is -0.508 e. The van der Waals surface area contributed by atoms with Gasteiger partial charge in [-0.05, 0) is 51.0 Å². The first-order valence-corrected chi connectivity index (χ1v) is 6.44. The van der Waals surface area contributed by atoms with Crippen molar-refractivity contribution in [2.75, 3.05) is 0 Å². The van der Waals surface area contributed by atoms with Crippen molar-refractivity contribution >= 4 is 11.8 Å². The maximum absolute atomic E-state index is 12.0. The molecule has 1 rings (SSSR count). The number of ketones is 1. The second-order valence-electron chi connectivity index (χ2n) is 4.79. The van der Waals surface area contributed by atoms with Crippen molar-refractivity contribution in [1.29, 1.82) is 0 Å². The number of phenolic OH excluding ortho intramolecular Hbond substituents is 2. The summed E-state index contributed by atoms with van der Waals surface area (Å²) in [6.45, 7) is 3.26. The van der Waals surface area contributed by atoms with Gasteiger partial charge in [-0.3, -0.25) is 4.79 Å². The minimum atomic E-state index is -0.961. The van der Waals surface area contributed by atoms with Crippen LogP contribution in [0.15, 0.2) is 41.5 Å². The fraction of sp³-hybridized carbons (Fsp3) is 0.250. The molecule has 0 radical (unpaired) electrons. The molecule has 0 fully saturated rings. The number of aliphatic carboxylic acids is 1. The van der Waals surface area contributed by atoms with E-state index in [1.807, 2.05) is 0 Å². The van der Waals surface area contributed by atoms with E-state index in [4.69, 9.17) is 5.11 Å². The lowest BCUT2D eigenvalue weighted by atomic mass is 10.0. The SMILES string of the molecule is CC(=CC(=O)c1cc(O)ccc1O)CCC=C(C)C(=O)O. The third-order valence-electron chi connectivity index (χ3n) is 2.95. The third kappa shape index (κ3) is 5.14. The Morgan fingerprint density at radius 2 is 1.86 bits per heavy atom. The van der Waals surface area contributed by atoms with E-state index < -0.39 is 11.8 Å². The standard InChI is InChI=1S/C16H18O5/c1-10(4-3-5-11(2)16(20)21)8-15(19)13-9-12(17)6-7-14(13)18/h5-9,17-18H,3-4H2,1-2H3,(H,20,21). The molecular weight excluding hydrogens is 272 g/mol. The van der Waals surface area contributed by atoms with Crippen LogP contribution in [0.25, 0.3) is 0 Å². The van der Waals surface area contributed by atoms with Crippen molar-refractivity contribution in [3.63, 3.8) is 0 Å². The average Bonchev–Trinajstić information content (AvgIpc) is 2.41. The number of rotatable bonds is 6. The van der Waals surface area contributed by atoms with Crippen molar-refractivity contribution in [3.05, 3.63) is 47.1 Å². The Hall–Kier alpha value is -2.56. The van der Waals surface area contributed by atoms with E-state index in [-0.39, 0.29) is 22.6 Å². The van der Waals surface area contributed by atoms with Gasteiger partial charge in [-0.1, -0.05) is 11.6 Å². The van der Waals surface area contributed by atoms with Crippen LogP contribution in [0, 0.1) is 0 Å². The molecule has 0 saturated heterocycles. The van der Waals surface area contributed by atoms with Crippen molar-refractivity contribution in [3.8, 4) is 11.5 Å². The molecule has 3 N–H and O–H groups in total. The van der Waals surface area contributed by atoms with Crippen molar-refractivity contribution in [2.45, 2.75) is 26.7 Å². The topological polar surface area (TPSA) is 94.8 Å². The van der Waals surface area contributed by atoms with Crippen molar-refractivity contribution in [1.82, 2.24) is 0 Å². The van der Waals surface area contributed by atoms with Gasteiger partial charge in [-0.25, -0.2) is 4.79 Å². The van der Waals surface area contributed by atoms with Gasteiger partial charge in [0.15, 0.2) is 5.78 Å². The largest absolute Gasteiger partial charge is 0.508 e. The Balaban J connectivity index is 2.74. The lowest BCUT2D eigenvalue weighted by molar-refractivity contribution is -0.132. The predicted octanol–water partition coefficient (Wildman–Crippen LogP) is 3.04. The van der Waals surface area contributed by atoms with Gasteiger partial charge in [0.05, 0.1) is 5.56 Å². The smallest absolute Gasteiger partial charge is 0.330 e. The van der Waals surface area contributed by atoms with E-state index >= 15 is 0 Å². The second-order valence-corrected chi connectivity index (χ2v) is 4.79. The summed E-state index contributed by atoms with van der Waals surface area (Å²) in [5.41, 5.74) is 1.06. The lowest BCUT2D eigenvalue weighted by Gasteiger charge is -2.03. The molecule has 0 unspecified atom stereocenters. The maximum Gasteiger partial charge on any atom is 0.330 e. The first-order chi connectivity index (χ1) is 9.81. The summed E-state index contributed by atoms with van der Waals surface area (Å²) in [6.07, 6.45) is 4.02. The van der Waals surface area contributed by atoms with Crippen LogP contribution >= 0.6 is 0 Å². The molecular formula is C16H18O5. The zero-order chi connectivity index (χ0) is 16.0. The molecule has 0 bridgehead atoms. The molecule has 5 heteroatoms. The van der Waals surface area contributed by atoms with E-state index in [9.17, 15) is 19.8 Å². The molecule has 0 spiro atoms. The summed E-state index contributed by atoms with van der Waals surface area (Å²) >= 11 is 0. The monoisotopic (exact) mass is 290 g/mol. The second kappa shape index (κ2) is 7.28. The molecule has 0 saturated carbocycles. The van der Waals surface area contributed by atoms with Crippen LogP contribution in [0.5, 0.6) is 11.5 Å². The molecule has 0 atom stereocenters. The van der Waals surface area contributed by atoms with Gasteiger partial charge < -0.3 is 15.3 Å². The zero-order valence-corrected chi connectivity index (χ0v) is 12.0. The number of hydrogen-bond acceptors (Lipinski definition) is 4. The molecule has 5 nitrogen and oxygen atoms in total. The molecule has 0 aromatic heterocycles. The Bertz CT molecular complexity index is 611. The summed E-state index contributed by atoms with van der Waals surface area (Å²) in [5, 5.41) is 27.6. The molecule has 21 heavy (non-hydrogen) atoms. The van der Waals surface area contributed by atoms with E-state index in [0.717, 1.165) is 5.57 Å². The summed E-state index contributed by atoms with van der Waals surface area (Å²) in [7, 11) is 0. The van der Waals surface area contributed by atoms with Gasteiger partial charge in [0.2, 0.25) is 0 Å². The zero-order valence-electron chi connectivity index (χ0n) is 12.0. The summed E-state index contributed by atoms with van der Waals surface area (Å²) in [4.78, 5) is 22.6. The van der Waals surface area contributed by atoms with Crippen LogP contribution in [0.2, 0.25) is 0 Å². The van der Waals surface area contributed by atoms with Crippen LogP contribution in [-0.2, 0) is 4.79 Å². The van der Waals surface area contributed by atoms with Crippen LogP contribution in [0.4, 0.5) is 0 Å². The number of aromatic hydroxyl groups is 2. The number of carbonyl (C=O) groups is 2. The number of allylic oxidation sites excluding steroid dienone is 3. The van der Waals surface area contributed by atoms with Crippen LogP contribution in [0.3, 0.4) is 0 Å². The Morgan fingerprint density at radius 1 is 1.19 bits per heavy atom. The van der Waals surface area contributed by atoms with Crippen LogP contribution < -0.4 is 0 Å². The highest BCUT2D eigenvalue weighted by Gasteiger charge is 2.10. The predicted molar refractivity (Wildman–Crippen MR) is 78.5 cm³/mol. The van der Waals surface area contributed by atoms with E-state index in [1.54, 1.807) is 13.0 Å². The van der Waals surface area contributed by atoms with Gasteiger partial charge in [0, 0.05) is 5.57 Å². The van der Waals surface area contributed by atoms with Crippen molar-refractivity contribution in [2.24, 2.45) is 0 Å². The van der Waals surface area contributed by atoms with E-state index in [1.165, 1.54) is 31.2 Å². The first-order valence-electron chi connectivity index (χ1n) is 6.44. The van der Waals surface area contributed by atoms with Crippen molar-refractivity contribution < 1.29 is 24.9 Å². The van der Waals surface area contributed by atoms with Gasteiger partial charge in [0.25, 0.3) is 0 Å². The lowest BCUT2D eigenvalue weighted by Crippen LogP contribution is -1.97. The fourth-order valence-corrected chi connectivity index (χ4v) is 1.70. The van der Waals surface area contributed by atoms with Gasteiger partial charge >= 0.3 is 5.97 Å². The number of carboxylic acids is 1. The molecule has 0 aliphatic carbocycles. The number of benzene rings is 1. The van der Waals surface area contributed by atoms with Gasteiger partial charge in [-0.2, -0.15) is 0 Å². The van der Waals surface area contributed by atoms with Crippen LogP contribution in [0.1, 0.15) is 37.0 Å². The molecule has 1 aromatic rings. The number of phenols is 2. The number of carbonyl (C=O) groups excluding carboxylic acids is 1. The summed E-state index contributed by atoms with van der Waals surface area (Å²) < 4.78 is 0. The Kier molecular flexibility index (Phi) is 5.72. The number of carboxylic acid groups (broad SMARTS) is 1. The minimum absolute atomic E-state index is 0.0339. The molecule has 0 aliphatic heterocycles. The molecule has 0 amide bonds. The summed E-state index contributed by atoms with van der Waals surface area (Å²) in [5.74, 6) is -1.65. The normalized spacial score (nSPS) is 12.3. The fourth-order valence-electron chi connectivity index (χ4n) is 1.70. The maximum atomic E-state index is 12.0. The van der Waals surface area contributed by atoms with Gasteiger partial charge in [0.1, 0.15) is 11.5 Å². The molecule has 0 aliphatic rings. The average molecular weight is 290 g/mol. The highest BCUT2D eigenvalue weighted by atomic mass is 16.4. The van der Waals surface area contributed by atoms with Crippen LogP contribution in [-0.4, -0.2) is 27.1 Å². The molecule has 0 heterocycles. The first kappa shape index (κ1) is 16.5. The van der Waals surface area contributed by atoms with E-state index in [0.29, 0.717) is 12.8 Å². The van der Waals surface area contributed by atoms with E-state index in [2.05, 4.69) is 0 Å². The molecule has 1 aromatic carbocycles. The Morgan fingerprint density at radius 3 is 2.48 bits per heavy atom. The molecule has 112 valence electrons.